The quantitative estimate of drug-likeness (QED) is 0.839. The first-order chi connectivity index (χ1) is 9.66. The van der Waals surface area contributed by atoms with Crippen LogP contribution in [0.1, 0.15) is 31.9 Å². The third-order valence-electron chi connectivity index (χ3n) is 4.32. The molecule has 108 valence electrons. The molecular weight excluding hydrogens is 256 g/mol. The highest BCUT2D eigenvalue weighted by molar-refractivity contribution is 5.90. The lowest BCUT2D eigenvalue weighted by Crippen LogP contribution is -2.47. The van der Waals surface area contributed by atoms with Gasteiger partial charge in [-0.2, -0.15) is 0 Å². The molecule has 1 aromatic rings. The molecule has 0 N–H and O–H groups in total. The third-order valence-corrected chi connectivity index (χ3v) is 4.32. The molecule has 2 aliphatic rings. The Balaban J connectivity index is 1.75. The zero-order chi connectivity index (χ0) is 14.1. The van der Waals surface area contributed by atoms with Crippen LogP contribution in [0.3, 0.4) is 0 Å². The van der Waals surface area contributed by atoms with E-state index < -0.39 is 0 Å². The topological polar surface area (TPSA) is 53.8 Å². The summed E-state index contributed by atoms with van der Waals surface area (Å²) >= 11 is 0. The van der Waals surface area contributed by atoms with E-state index >= 15 is 0 Å². The van der Waals surface area contributed by atoms with Gasteiger partial charge in [0.1, 0.15) is 11.8 Å². The fraction of sp³-hybridized carbons (Fsp3) is 0.600. The number of nitrogens with zero attached hydrogens (tertiary/aromatic N) is 2. The van der Waals surface area contributed by atoms with E-state index in [4.69, 9.17) is 4.42 Å². The number of amides is 2. The predicted octanol–water partition coefficient (Wildman–Crippen LogP) is 1.43. The summed E-state index contributed by atoms with van der Waals surface area (Å²) in [6.45, 7) is 3.28. The van der Waals surface area contributed by atoms with Gasteiger partial charge in [-0.3, -0.25) is 9.59 Å². The summed E-state index contributed by atoms with van der Waals surface area (Å²) in [4.78, 5) is 28.3. The van der Waals surface area contributed by atoms with Crippen LogP contribution in [0, 0.1) is 0 Å². The van der Waals surface area contributed by atoms with Gasteiger partial charge in [0.05, 0.1) is 6.26 Å². The first-order valence-corrected chi connectivity index (χ1v) is 7.29. The second-order valence-electron chi connectivity index (χ2n) is 5.66. The van der Waals surface area contributed by atoms with Crippen LogP contribution in [0.25, 0.3) is 0 Å². The highest BCUT2D eigenvalue weighted by Crippen LogP contribution is 2.25. The lowest BCUT2D eigenvalue weighted by molar-refractivity contribution is -0.140. The van der Waals surface area contributed by atoms with E-state index in [-0.39, 0.29) is 23.9 Å². The normalized spacial score (nSPS) is 24.8. The van der Waals surface area contributed by atoms with Gasteiger partial charge in [-0.05, 0) is 31.9 Å². The van der Waals surface area contributed by atoms with Crippen LogP contribution in [0.2, 0.25) is 0 Å². The lowest BCUT2D eigenvalue weighted by Gasteiger charge is -2.30. The minimum atomic E-state index is -0.232. The van der Waals surface area contributed by atoms with E-state index in [0.29, 0.717) is 19.4 Å². The molecule has 2 unspecified atom stereocenters. The number of furan rings is 1. The number of fused-ring (bicyclic) bond motifs is 1. The van der Waals surface area contributed by atoms with Crippen LogP contribution in [0.15, 0.2) is 22.8 Å². The van der Waals surface area contributed by atoms with Crippen LogP contribution in [-0.2, 0) is 16.0 Å². The lowest BCUT2D eigenvalue weighted by atomic mass is 10.1. The Morgan fingerprint density at radius 2 is 2.25 bits per heavy atom. The third kappa shape index (κ3) is 2.32. The molecule has 0 radical (unpaired) electrons. The predicted molar refractivity (Wildman–Crippen MR) is 72.9 cm³/mol. The number of carbonyl (C=O) groups is 2. The molecular formula is C15H20N2O3. The maximum atomic E-state index is 12.6. The Labute approximate surface area is 118 Å². The van der Waals surface area contributed by atoms with E-state index in [1.54, 1.807) is 11.2 Å². The second kappa shape index (κ2) is 5.31. The minimum absolute atomic E-state index is 0.0574. The number of carbonyl (C=O) groups excluding carboxylic acids is 2. The van der Waals surface area contributed by atoms with Gasteiger partial charge in [-0.25, -0.2) is 0 Å². The fourth-order valence-electron chi connectivity index (χ4n) is 3.25. The van der Waals surface area contributed by atoms with Crippen LogP contribution in [-0.4, -0.2) is 46.8 Å². The number of hydrogen-bond donors (Lipinski definition) is 0. The summed E-state index contributed by atoms with van der Waals surface area (Å²) in [5.74, 6) is 1.10. The van der Waals surface area contributed by atoms with Crippen molar-refractivity contribution in [2.45, 2.75) is 44.7 Å². The van der Waals surface area contributed by atoms with Gasteiger partial charge in [0.15, 0.2) is 0 Å². The Morgan fingerprint density at radius 3 is 3.00 bits per heavy atom. The standard InChI is InChI=1S/C15H20N2O3/c1-11(10-12-4-3-9-20-12)16-8-6-14(18)17-7-2-5-13(17)15(16)19/h3-4,9,11,13H,2,5-8,10H2,1H3. The Bertz CT molecular complexity index is 497. The van der Waals surface area contributed by atoms with Crippen molar-refractivity contribution in [1.82, 2.24) is 9.80 Å². The van der Waals surface area contributed by atoms with Gasteiger partial charge < -0.3 is 14.2 Å². The summed E-state index contributed by atoms with van der Waals surface area (Å²) in [5.41, 5.74) is 0. The molecule has 0 bridgehead atoms. The zero-order valence-electron chi connectivity index (χ0n) is 11.7. The van der Waals surface area contributed by atoms with Crippen molar-refractivity contribution in [2.75, 3.05) is 13.1 Å². The summed E-state index contributed by atoms with van der Waals surface area (Å²) < 4.78 is 5.35. The van der Waals surface area contributed by atoms with Gasteiger partial charge in [0, 0.05) is 32.0 Å². The van der Waals surface area contributed by atoms with Crippen molar-refractivity contribution in [3.05, 3.63) is 24.2 Å². The van der Waals surface area contributed by atoms with Crippen molar-refractivity contribution in [3.63, 3.8) is 0 Å². The molecule has 0 aliphatic carbocycles. The fourth-order valence-corrected chi connectivity index (χ4v) is 3.25. The molecule has 3 rings (SSSR count). The van der Waals surface area contributed by atoms with Crippen molar-refractivity contribution in [2.24, 2.45) is 0 Å². The molecule has 0 spiro atoms. The smallest absolute Gasteiger partial charge is 0.245 e. The van der Waals surface area contributed by atoms with Gasteiger partial charge in [0.2, 0.25) is 11.8 Å². The van der Waals surface area contributed by atoms with E-state index in [1.807, 2.05) is 24.0 Å². The Morgan fingerprint density at radius 1 is 1.40 bits per heavy atom. The number of rotatable bonds is 3. The number of hydrogen-bond acceptors (Lipinski definition) is 3. The van der Waals surface area contributed by atoms with Crippen molar-refractivity contribution < 1.29 is 14.0 Å². The minimum Gasteiger partial charge on any atom is -0.469 e. The molecule has 2 amide bonds. The summed E-state index contributed by atoms with van der Waals surface area (Å²) in [6.07, 6.45) is 4.51. The van der Waals surface area contributed by atoms with E-state index in [2.05, 4.69) is 0 Å². The molecule has 3 heterocycles. The molecule has 2 atom stereocenters. The molecule has 0 saturated carbocycles. The average Bonchev–Trinajstić information content (AvgIpc) is 3.06. The Kier molecular flexibility index (Phi) is 3.51. The average molecular weight is 276 g/mol. The largest absolute Gasteiger partial charge is 0.469 e. The molecule has 2 saturated heterocycles. The first kappa shape index (κ1) is 13.2. The zero-order valence-corrected chi connectivity index (χ0v) is 11.7. The SMILES string of the molecule is CC(Cc1ccco1)N1CCC(=O)N2CCCC2C1=O. The highest BCUT2D eigenvalue weighted by Gasteiger charge is 2.40. The molecule has 2 fully saturated rings. The molecule has 1 aromatic heterocycles. The van der Waals surface area contributed by atoms with Gasteiger partial charge in [-0.1, -0.05) is 0 Å². The summed E-state index contributed by atoms with van der Waals surface area (Å²) in [7, 11) is 0. The van der Waals surface area contributed by atoms with Gasteiger partial charge in [-0.15, -0.1) is 0 Å². The van der Waals surface area contributed by atoms with Crippen LogP contribution >= 0.6 is 0 Å². The summed E-state index contributed by atoms with van der Waals surface area (Å²) in [6, 6.07) is 3.60. The van der Waals surface area contributed by atoms with Crippen LogP contribution in [0.4, 0.5) is 0 Å². The van der Waals surface area contributed by atoms with Crippen molar-refractivity contribution in [3.8, 4) is 0 Å². The van der Waals surface area contributed by atoms with Crippen molar-refractivity contribution >= 4 is 11.8 Å². The molecule has 5 nitrogen and oxygen atoms in total. The maximum Gasteiger partial charge on any atom is 0.245 e. The Hall–Kier alpha value is -1.78. The first-order valence-electron chi connectivity index (χ1n) is 7.29. The highest BCUT2D eigenvalue weighted by atomic mass is 16.3. The molecule has 0 aromatic carbocycles. The van der Waals surface area contributed by atoms with Crippen LogP contribution in [0.5, 0.6) is 0 Å². The van der Waals surface area contributed by atoms with E-state index in [9.17, 15) is 9.59 Å². The van der Waals surface area contributed by atoms with Gasteiger partial charge in [0.25, 0.3) is 0 Å². The van der Waals surface area contributed by atoms with E-state index in [0.717, 1.165) is 25.1 Å². The monoisotopic (exact) mass is 276 g/mol. The second-order valence-corrected chi connectivity index (χ2v) is 5.66. The van der Waals surface area contributed by atoms with E-state index in [1.165, 1.54) is 0 Å². The maximum absolute atomic E-state index is 12.6. The van der Waals surface area contributed by atoms with Crippen molar-refractivity contribution in [1.29, 1.82) is 0 Å². The van der Waals surface area contributed by atoms with Gasteiger partial charge >= 0.3 is 0 Å². The summed E-state index contributed by atoms with van der Waals surface area (Å²) in [5, 5.41) is 0. The molecule has 5 heteroatoms. The van der Waals surface area contributed by atoms with Crippen LogP contribution < -0.4 is 0 Å². The molecule has 2 aliphatic heterocycles. The molecule has 20 heavy (non-hydrogen) atoms.